The number of hydrogen-bond acceptors (Lipinski definition) is 4. The molecule has 164 valence electrons. The van der Waals surface area contributed by atoms with E-state index in [2.05, 4.69) is 15.4 Å². The molecule has 8 heteroatoms. The summed E-state index contributed by atoms with van der Waals surface area (Å²) in [6.45, 7) is 4.00. The number of hydrogen-bond donors (Lipinski definition) is 1. The largest absolute Gasteiger partial charge is 0.352 e. The highest BCUT2D eigenvalue weighted by atomic mass is 32.1. The molecule has 0 saturated carbocycles. The molecule has 1 N–H and O–H groups in total. The van der Waals surface area contributed by atoms with Gasteiger partial charge in [0.2, 0.25) is 11.0 Å². The number of amides is 1. The lowest BCUT2D eigenvalue weighted by molar-refractivity contribution is -0.120. The molecule has 4 aromatic rings. The van der Waals surface area contributed by atoms with Crippen molar-refractivity contribution in [2.75, 3.05) is 0 Å². The zero-order valence-corrected chi connectivity index (χ0v) is 18.5. The molecule has 0 unspecified atom stereocenters. The van der Waals surface area contributed by atoms with Gasteiger partial charge in [0.25, 0.3) is 0 Å². The minimum atomic E-state index is -0.345. The number of aromatic nitrogens is 3. The number of halogens is 2. The van der Waals surface area contributed by atoms with Crippen LogP contribution in [0.2, 0.25) is 0 Å². The second-order valence-corrected chi connectivity index (χ2v) is 8.37. The van der Waals surface area contributed by atoms with E-state index >= 15 is 0 Å². The van der Waals surface area contributed by atoms with Crippen LogP contribution in [0.4, 0.5) is 8.78 Å². The number of thiazole rings is 1. The molecule has 4 rings (SSSR count). The van der Waals surface area contributed by atoms with E-state index in [-0.39, 0.29) is 30.5 Å². The van der Waals surface area contributed by atoms with E-state index < -0.39 is 0 Å². The maximum absolute atomic E-state index is 13.7. The zero-order valence-electron chi connectivity index (χ0n) is 17.7. The van der Waals surface area contributed by atoms with Crippen LogP contribution in [-0.2, 0) is 24.2 Å². The Labute approximate surface area is 188 Å². The molecule has 0 saturated heterocycles. The predicted molar refractivity (Wildman–Crippen MR) is 120 cm³/mol. The van der Waals surface area contributed by atoms with Gasteiger partial charge in [-0.3, -0.25) is 4.79 Å². The lowest BCUT2D eigenvalue weighted by Gasteiger charge is -2.05. The Bertz CT molecular complexity index is 1260. The van der Waals surface area contributed by atoms with Crippen molar-refractivity contribution in [1.82, 2.24) is 20.1 Å². The number of carbonyl (C=O) groups is 1. The molecule has 0 aliphatic carbocycles. The van der Waals surface area contributed by atoms with Crippen LogP contribution >= 0.6 is 11.3 Å². The number of aryl methyl sites for hydroxylation is 1. The zero-order chi connectivity index (χ0) is 22.7. The van der Waals surface area contributed by atoms with Crippen LogP contribution in [-0.4, -0.2) is 20.7 Å². The van der Waals surface area contributed by atoms with Gasteiger partial charge in [0.05, 0.1) is 17.8 Å². The smallest absolute Gasteiger partial charge is 0.226 e. The van der Waals surface area contributed by atoms with Gasteiger partial charge in [0.15, 0.2) is 0 Å². The lowest BCUT2D eigenvalue weighted by Crippen LogP contribution is -2.25. The average Bonchev–Trinajstić information content (AvgIpc) is 3.33. The highest BCUT2D eigenvalue weighted by Crippen LogP contribution is 2.23. The van der Waals surface area contributed by atoms with Crippen LogP contribution in [0.15, 0.2) is 53.9 Å². The molecule has 1 amide bonds. The monoisotopic (exact) mass is 452 g/mol. The maximum atomic E-state index is 13.7. The fourth-order valence-corrected chi connectivity index (χ4v) is 4.33. The van der Waals surface area contributed by atoms with Crippen LogP contribution in [0.1, 0.15) is 33.8 Å². The van der Waals surface area contributed by atoms with Crippen LogP contribution in [0.25, 0.3) is 5.13 Å². The molecule has 0 aliphatic heterocycles. The van der Waals surface area contributed by atoms with E-state index in [4.69, 9.17) is 0 Å². The molecule has 0 bridgehead atoms. The maximum Gasteiger partial charge on any atom is 0.226 e. The van der Waals surface area contributed by atoms with Gasteiger partial charge in [0, 0.05) is 35.2 Å². The first-order chi connectivity index (χ1) is 15.4. The number of carbonyl (C=O) groups excluding carboxylic acids is 1. The van der Waals surface area contributed by atoms with Gasteiger partial charge in [0.1, 0.15) is 11.6 Å². The molecule has 0 aliphatic rings. The van der Waals surface area contributed by atoms with Crippen molar-refractivity contribution in [3.05, 3.63) is 99.3 Å². The molecular weight excluding hydrogens is 430 g/mol. The summed E-state index contributed by atoms with van der Waals surface area (Å²) in [7, 11) is 0. The molecule has 5 nitrogen and oxygen atoms in total. The Morgan fingerprint density at radius 1 is 1.12 bits per heavy atom. The van der Waals surface area contributed by atoms with Gasteiger partial charge in [-0.1, -0.05) is 30.3 Å². The summed E-state index contributed by atoms with van der Waals surface area (Å²) in [4.78, 5) is 16.8. The third-order valence-electron chi connectivity index (χ3n) is 5.21. The van der Waals surface area contributed by atoms with Crippen molar-refractivity contribution in [1.29, 1.82) is 0 Å². The van der Waals surface area contributed by atoms with Crippen molar-refractivity contribution < 1.29 is 13.6 Å². The van der Waals surface area contributed by atoms with Crippen molar-refractivity contribution in [3.63, 3.8) is 0 Å². The lowest BCUT2D eigenvalue weighted by atomic mass is 10.0. The van der Waals surface area contributed by atoms with E-state index in [9.17, 15) is 13.6 Å². The molecule has 0 fully saturated rings. The standard InChI is InChI=1S/C24H22F2N4OS/c1-15-21(11-17-6-5-8-19(25)10-17)16(2)30(29-15)24-28-20(14-32-24)12-23(31)27-13-18-7-3-4-9-22(18)26/h3-10,14H,11-13H2,1-2H3,(H,27,31). The summed E-state index contributed by atoms with van der Waals surface area (Å²) in [5, 5.41) is 9.81. The molecule has 2 heterocycles. The summed E-state index contributed by atoms with van der Waals surface area (Å²) in [6.07, 6.45) is 0.673. The van der Waals surface area contributed by atoms with Crippen molar-refractivity contribution >= 4 is 17.2 Å². The predicted octanol–water partition coefficient (Wildman–Crippen LogP) is 4.67. The molecule has 0 radical (unpaired) electrons. The quantitative estimate of drug-likeness (QED) is 0.443. The van der Waals surface area contributed by atoms with Crippen molar-refractivity contribution in [2.24, 2.45) is 0 Å². The van der Waals surface area contributed by atoms with Gasteiger partial charge in [-0.25, -0.2) is 18.4 Å². The first-order valence-corrected chi connectivity index (χ1v) is 11.0. The van der Waals surface area contributed by atoms with Gasteiger partial charge in [-0.2, -0.15) is 5.10 Å². The highest BCUT2D eigenvalue weighted by molar-refractivity contribution is 7.12. The highest BCUT2D eigenvalue weighted by Gasteiger charge is 2.17. The van der Waals surface area contributed by atoms with Crippen LogP contribution in [0.3, 0.4) is 0 Å². The molecule has 32 heavy (non-hydrogen) atoms. The average molecular weight is 453 g/mol. The topological polar surface area (TPSA) is 59.8 Å². The molecular formula is C24H22F2N4OS. The van der Waals surface area contributed by atoms with E-state index in [0.29, 0.717) is 22.8 Å². The first-order valence-electron chi connectivity index (χ1n) is 10.1. The third kappa shape index (κ3) is 4.91. The fraction of sp³-hybridized carbons (Fsp3) is 0.208. The van der Waals surface area contributed by atoms with Crippen molar-refractivity contribution in [3.8, 4) is 5.13 Å². The van der Waals surface area contributed by atoms with Gasteiger partial charge >= 0.3 is 0 Å². The first kappa shape index (κ1) is 21.8. The summed E-state index contributed by atoms with van der Waals surface area (Å²) >= 11 is 1.40. The SMILES string of the molecule is Cc1nn(-c2nc(CC(=O)NCc3ccccc3F)cs2)c(C)c1Cc1cccc(F)c1. The molecule has 0 spiro atoms. The summed E-state index contributed by atoms with van der Waals surface area (Å²) in [6, 6.07) is 12.9. The fourth-order valence-electron chi connectivity index (χ4n) is 3.51. The summed E-state index contributed by atoms with van der Waals surface area (Å²) < 4.78 is 29.0. The number of benzene rings is 2. The van der Waals surface area contributed by atoms with Gasteiger partial charge in [-0.05, 0) is 37.6 Å². The summed E-state index contributed by atoms with van der Waals surface area (Å²) in [5.74, 6) is -0.837. The van der Waals surface area contributed by atoms with E-state index in [0.717, 1.165) is 22.5 Å². The molecule has 0 atom stereocenters. The van der Waals surface area contributed by atoms with Gasteiger partial charge in [-0.15, -0.1) is 11.3 Å². The Hall–Kier alpha value is -3.39. The number of rotatable bonds is 7. The Kier molecular flexibility index (Phi) is 6.41. The van der Waals surface area contributed by atoms with Crippen LogP contribution in [0.5, 0.6) is 0 Å². The Morgan fingerprint density at radius 3 is 2.72 bits per heavy atom. The Morgan fingerprint density at radius 2 is 1.94 bits per heavy atom. The second kappa shape index (κ2) is 9.40. The van der Waals surface area contributed by atoms with Crippen molar-refractivity contribution in [2.45, 2.75) is 33.2 Å². The molecule has 2 aromatic carbocycles. The van der Waals surface area contributed by atoms with E-state index in [1.165, 1.54) is 29.5 Å². The minimum absolute atomic E-state index is 0.0976. The van der Waals surface area contributed by atoms with E-state index in [1.54, 1.807) is 28.9 Å². The van der Waals surface area contributed by atoms with E-state index in [1.807, 2.05) is 25.3 Å². The number of nitrogens with zero attached hydrogens (tertiary/aromatic N) is 3. The Balaban J connectivity index is 1.44. The van der Waals surface area contributed by atoms with Crippen LogP contribution in [0, 0.1) is 25.5 Å². The van der Waals surface area contributed by atoms with Crippen LogP contribution < -0.4 is 5.32 Å². The molecule has 2 aromatic heterocycles. The third-order valence-corrected chi connectivity index (χ3v) is 6.07. The summed E-state index contributed by atoms with van der Waals surface area (Å²) in [5.41, 5.74) is 4.74. The minimum Gasteiger partial charge on any atom is -0.352 e. The second-order valence-electron chi connectivity index (χ2n) is 7.53. The number of nitrogens with one attached hydrogen (secondary N) is 1. The normalized spacial score (nSPS) is 11.0. The van der Waals surface area contributed by atoms with Gasteiger partial charge < -0.3 is 5.32 Å².